The van der Waals surface area contributed by atoms with Crippen molar-refractivity contribution >= 4 is 39.7 Å². The van der Waals surface area contributed by atoms with E-state index >= 15 is 0 Å². The minimum absolute atomic E-state index is 0.303. The van der Waals surface area contributed by atoms with Gasteiger partial charge in [0.1, 0.15) is 10.2 Å². The third-order valence-electron chi connectivity index (χ3n) is 3.93. The number of halogens is 1. The molecule has 1 heterocycles. The highest BCUT2D eigenvalue weighted by atomic mass is 32.2. The van der Waals surface area contributed by atoms with E-state index < -0.39 is 17.9 Å². The van der Waals surface area contributed by atoms with E-state index in [0.29, 0.717) is 16.9 Å². The van der Waals surface area contributed by atoms with Gasteiger partial charge in [-0.1, -0.05) is 41.7 Å². The summed E-state index contributed by atoms with van der Waals surface area (Å²) in [6, 6.07) is 12.4. The molecule has 1 aliphatic heterocycles. The van der Waals surface area contributed by atoms with E-state index in [1.807, 2.05) is 12.1 Å². The van der Waals surface area contributed by atoms with Crippen molar-refractivity contribution in [2.45, 2.75) is 18.8 Å². The molecule has 1 atom stereocenters. The van der Waals surface area contributed by atoms with Crippen molar-refractivity contribution in [3.8, 4) is 0 Å². The van der Waals surface area contributed by atoms with Gasteiger partial charge in [0.05, 0.1) is 12.1 Å². The number of hydrogen-bond acceptors (Lipinski definition) is 6. The van der Waals surface area contributed by atoms with Crippen molar-refractivity contribution < 1.29 is 18.7 Å². The maximum absolute atomic E-state index is 13.0. The van der Waals surface area contributed by atoms with E-state index in [1.165, 1.54) is 31.2 Å². The Hall–Kier alpha value is -2.12. The Morgan fingerprint density at radius 3 is 2.67 bits per heavy atom. The van der Waals surface area contributed by atoms with Crippen LogP contribution in [0, 0.1) is 5.82 Å². The van der Waals surface area contributed by atoms with Gasteiger partial charge < -0.3 is 4.74 Å². The molecule has 140 valence electrons. The molecule has 0 bridgehead atoms. The summed E-state index contributed by atoms with van der Waals surface area (Å²) in [4.78, 5) is 29.4. The second-order valence-corrected chi connectivity index (χ2v) is 8.17. The predicted octanol–water partition coefficient (Wildman–Crippen LogP) is 4.59. The van der Waals surface area contributed by atoms with E-state index in [2.05, 4.69) is 4.99 Å². The van der Waals surface area contributed by atoms with Gasteiger partial charge in [-0.15, -0.1) is 0 Å². The Bertz CT molecular complexity index is 868. The van der Waals surface area contributed by atoms with Crippen molar-refractivity contribution in [2.75, 3.05) is 12.3 Å². The summed E-state index contributed by atoms with van der Waals surface area (Å²) in [5.74, 6) is 0.265. The monoisotopic (exact) mass is 403 g/mol. The fourth-order valence-corrected chi connectivity index (χ4v) is 4.53. The summed E-state index contributed by atoms with van der Waals surface area (Å²) in [5, 5.41) is 0. The van der Waals surface area contributed by atoms with Crippen LogP contribution in [0.3, 0.4) is 0 Å². The molecule has 3 rings (SSSR count). The zero-order chi connectivity index (χ0) is 19.2. The number of esters is 1. The van der Waals surface area contributed by atoms with Gasteiger partial charge >= 0.3 is 5.97 Å². The van der Waals surface area contributed by atoms with E-state index in [9.17, 15) is 14.0 Å². The summed E-state index contributed by atoms with van der Waals surface area (Å²) in [6.45, 7) is 2.35. The van der Waals surface area contributed by atoms with Crippen molar-refractivity contribution in [2.24, 2.45) is 4.99 Å². The molecule has 0 amide bonds. The smallest absolute Gasteiger partial charge is 0.339 e. The van der Waals surface area contributed by atoms with Crippen LogP contribution >= 0.6 is 23.5 Å². The van der Waals surface area contributed by atoms with Gasteiger partial charge in [-0.05, 0) is 42.8 Å². The van der Waals surface area contributed by atoms with Gasteiger partial charge in [0.25, 0.3) is 0 Å². The number of carbonyl (C=O) groups is 2. The van der Waals surface area contributed by atoms with E-state index in [-0.39, 0.29) is 5.78 Å². The summed E-state index contributed by atoms with van der Waals surface area (Å²) >= 11 is 3.31. The van der Waals surface area contributed by atoms with Crippen molar-refractivity contribution in [3.05, 3.63) is 71.0 Å². The molecule has 4 nitrogen and oxygen atoms in total. The number of thioether (sulfide) groups is 2. The molecule has 7 heteroatoms. The highest BCUT2D eigenvalue weighted by Gasteiger charge is 2.22. The highest BCUT2D eigenvalue weighted by molar-refractivity contribution is 8.38. The van der Waals surface area contributed by atoms with Crippen LogP contribution < -0.4 is 0 Å². The largest absolute Gasteiger partial charge is 0.451 e. The summed E-state index contributed by atoms with van der Waals surface area (Å²) in [6.07, 6.45) is -0.960. The minimum atomic E-state index is -0.960. The molecule has 0 N–H and O–H groups in total. The van der Waals surface area contributed by atoms with Gasteiger partial charge in [0, 0.05) is 17.1 Å². The molecule has 1 aliphatic rings. The van der Waals surface area contributed by atoms with Crippen LogP contribution in [0.4, 0.5) is 4.39 Å². The Labute approximate surface area is 165 Å². The molecule has 0 spiro atoms. The first-order chi connectivity index (χ1) is 13.0. The lowest BCUT2D eigenvalue weighted by Crippen LogP contribution is -2.25. The first-order valence-corrected chi connectivity index (χ1v) is 10.4. The van der Waals surface area contributed by atoms with Crippen LogP contribution in [-0.4, -0.2) is 34.5 Å². The van der Waals surface area contributed by atoms with Crippen LogP contribution in [-0.2, 0) is 10.5 Å². The lowest BCUT2D eigenvalue weighted by molar-refractivity contribution is 0.0318. The second-order valence-electron chi connectivity index (χ2n) is 5.86. The standard InChI is InChI=1S/C20H18FNO3S2/c1-13(18(23)14-6-8-16(21)9-7-14)25-19(24)17-5-3-2-4-15(17)12-27-20-22-10-11-26-20/h2-9,13H,10-12H2,1H3/t13-/m0/s1. The Balaban J connectivity index is 1.66. The number of rotatable bonds is 6. The van der Waals surface area contributed by atoms with E-state index in [4.69, 9.17) is 4.74 Å². The third kappa shape index (κ3) is 5.20. The number of carbonyl (C=O) groups excluding carboxylic acids is 2. The third-order valence-corrected chi connectivity index (χ3v) is 6.23. The molecule has 0 aliphatic carbocycles. The Morgan fingerprint density at radius 2 is 1.96 bits per heavy atom. The van der Waals surface area contributed by atoms with Crippen LogP contribution in [0.1, 0.15) is 33.2 Å². The zero-order valence-electron chi connectivity index (χ0n) is 14.7. The highest BCUT2D eigenvalue weighted by Crippen LogP contribution is 2.27. The quantitative estimate of drug-likeness (QED) is 0.522. The molecular weight excluding hydrogens is 385 g/mol. The molecular formula is C20H18FNO3S2. The Morgan fingerprint density at radius 1 is 1.22 bits per heavy atom. The summed E-state index contributed by atoms with van der Waals surface area (Å²) in [5.41, 5.74) is 1.58. The van der Waals surface area contributed by atoms with E-state index in [0.717, 1.165) is 22.2 Å². The van der Waals surface area contributed by atoms with Crippen molar-refractivity contribution in [3.63, 3.8) is 0 Å². The molecule has 0 radical (unpaired) electrons. The molecule has 2 aromatic rings. The first kappa shape index (κ1) is 19.6. The molecule has 0 fully saturated rings. The fourth-order valence-electron chi connectivity index (χ4n) is 2.51. The van der Waals surface area contributed by atoms with Gasteiger partial charge in [-0.25, -0.2) is 9.18 Å². The predicted molar refractivity (Wildman–Crippen MR) is 108 cm³/mol. The number of ketones is 1. The SMILES string of the molecule is C[C@H](OC(=O)c1ccccc1CSC1=NCCS1)C(=O)c1ccc(F)cc1. The Kier molecular flexibility index (Phi) is 6.68. The molecule has 27 heavy (non-hydrogen) atoms. The lowest BCUT2D eigenvalue weighted by atomic mass is 10.1. The zero-order valence-corrected chi connectivity index (χ0v) is 16.3. The molecule has 2 aromatic carbocycles. The maximum Gasteiger partial charge on any atom is 0.339 e. The van der Waals surface area contributed by atoms with Gasteiger partial charge in [-0.2, -0.15) is 0 Å². The molecule has 0 aromatic heterocycles. The second kappa shape index (κ2) is 9.19. The number of ether oxygens (including phenoxy) is 1. The molecule has 0 saturated carbocycles. The fraction of sp³-hybridized carbons (Fsp3) is 0.250. The molecule has 0 saturated heterocycles. The minimum Gasteiger partial charge on any atom is -0.451 e. The maximum atomic E-state index is 13.0. The van der Waals surface area contributed by atoms with Crippen molar-refractivity contribution in [1.82, 2.24) is 0 Å². The number of aliphatic imine (C=N–C) groups is 1. The average molecular weight is 404 g/mol. The summed E-state index contributed by atoms with van der Waals surface area (Å²) < 4.78 is 19.4. The van der Waals surface area contributed by atoms with Gasteiger partial charge in [-0.3, -0.25) is 9.79 Å². The summed E-state index contributed by atoms with van der Waals surface area (Å²) in [7, 11) is 0. The first-order valence-electron chi connectivity index (χ1n) is 8.43. The topological polar surface area (TPSA) is 55.7 Å². The van der Waals surface area contributed by atoms with Crippen LogP contribution in [0.5, 0.6) is 0 Å². The number of Topliss-reactive ketones (excluding diaryl/α,β-unsaturated/α-hetero) is 1. The number of benzene rings is 2. The van der Waals surface area contributed by atoms with Crippen LogP contribution in [0.15, 0.2) is 53.5 Å². The van der Waals surface area contributed by atoms with Gasteiger partial charge in [0.2, 0.25) is 5.78 Å². The van der Waals surface area contributed by atoms with Gasteiger partial charge in [0.15, 0.2) is 6.10 Å². The number of hydrogen-bond donors (Lipinski definition) is 0. The lowest BCUT2D eigenvalue weighted by Gasteiger charge is -2.14. The average Bonchev–Trinajstić information content (AvgIpc) is 3.20. The normalized spacial score (nSPS) is 14.5. The van der Waals surface area contributed by atoms with Crippen LogP contribution in [0.25, 0.3) is 0 Å². The number of nitrogens with zero attached hydrogens (tertiary/aromatic N) is 1. The van der Waals surface area contributed by atoms with E-state index in [1.54, 1.807) is 35.7 Å². The van der Waals surface area contributed by atoms with Crippen molar-refractivity contribution in [1.29, 1.82) is 0 Å². The van der Waals surface area contributed by atoms with Crippen LogP contribution in [0.2, 0.25) is 0 Å². The molecule has 0 unspecified atom stereocenters.